The Kier molecular flexibility index (Phi) is 4.92. The summed E-state index contributed by atoms with van der Waals surface area (Å²) in [7, 11) is 0. The minimum absolute atomic E-state index is 0.0557. The highest BCUT2D eigenvalue weighted by Crippen LogP contribution is 2.44. The third-order valence-electron chi connectivity index (χ3n) is 3.07. The van der Waals surface area contributed by atoms with Gasteiger partial charge in [0.15, 0.2) is 16.4 Å². The molecule has 0 unspecified atom stereocenters. The summed E-state index contributed by atoms with van der Waals surface area (Å²) in [6.45, 7) is 3.40. The average molecular weight is 386 g/mol. The van der Waals surface area contributed by atoms with Crippen molar-refractivity contribution in [1.82, 2.24) is 13.7 Å². The van der Waals surface area contributed by atoms with Gasteiger partial charge in [0, 0.05) is 11.5 Å². The van der Waals surface area contributed by atoms with Crippen LogP contribution in [0.1, 0.15) is 17.1 Å². The second kappa shape index (κ2) is 7.30. The second-order valence-electron chi connectivity index (χ2n) is 4.89. The number of benzene rings is 1. The molecule has 0 radical (unpaired) electrons. The van der Waals surface area contributed by atoms with Gasteiger partial charge in [0.05, 0.1) is 5.69 Å². The summed E-state index contributed by atoms with van der Waals surface area (Å²) in [6.07, 6.45) is 0. The molecule has 2 N–H and O–H groups in total. The SMILES string of the molecule is Cc1nsc(/N=N/c2c(O)ccc(/N=N/c3snc(C)c3C#N)c2O)n1. The molecule has 26 heavy (non-hydrogen) atoms. The summed E-state index contributed by atoms with van der Waals surface area (Å²) in [5.74, 6) is -0.135. The molecule has 0 saturated carbocycles. The first-order chi connectivity index (χ1) is 12.5. The number of azo groups is 2. The lowest BCUT2D eigenvalue weighted by molar-refractivity contribution is 0.453. The quantitative estimate of drug-likeness (QED) is 0.618. The zero-order chi connectivity index (χ0) is 18.7. The Morgan fingerprint density at radius 2 is 1.85 bits per heavy atom. The van der Waals surface area contributed by atoms with Crippen LogP contribution in [0.25, 0.3) is 0 Å². The van der Waals surface area contributed by atoms with E-state index < -0.39 is 5.75 Å². The van der Waals surface area contributed by atoms with E-state index in [4.69, 9.17) is 5.26 Å². The van der Waals surface area contributed by atoms with Gasteiger partial charge in [0.25, 0.3) is 0 Å². The van der Waals surface area contributed by atoms with Crippen LogP contribution in [0.2, 0.25) is 0 Å². The van der Waals surface area contributed by atoms with Crippen molar-refractivity contribution in [2.75, 3.05) is 0 Å². The zero-order valence-electron chi connectivity index (χ0n) is 13.4. The molecule has 0 aliphatic carbocycles. The van der Waals surface area contributed by atoms with E-state index in [9.17, 15) is 10.2 Å². The van der Waals surface area contributed by atoms with Gasteiger partial charge in [-0.15, -0.1) is 20.5 Å². The molecule has 0 aliphatic heterocycles. The van der Waals surface area contributed by atoms with Gasteiger partial charge < -0.3 is 10.2 Å². The molecule has 12 heteroatoms. The fourth-order valence-corrected chi connectivity index (χ4v) is 2.99. The van der Waals surface area contributed by atoms with Gasteiger partial charge in [0.1, 0.15) is 28.9 Å². The van der Waals surface area contributed by atoms with Crippen LogP contribution >= 0.6 is 23.1 Å². The molecular formula is C14H10N8O2S2. The molecule has 3 aromatic rings. The number of aromatic hydroxyl groups is 2. The predicted molar refractivity (Wildman–Crippen MR) is 94.3 cm³/mol. The Bertz CT molecular complexity index is 1060. The van der Waals surface area contributed by atoms with Crippen molar-refractivity contribution >= 4 is 44.6 Å². The Balaban J connectivity index is 1.93. The number of hydrogen-bond acceptors (Lipinski definition) is 12. The largest absolute Gasteiger partial charge is 0.505 e. The Morgan fingerprint density at radius 3 is 2.54 bits per heavy atom. The third-order valence-corrected chi connectivity index (χ3v) is 4.58. The minimum atomic E-state index is -0.404. The molecule has 0 aliphatic rings. The maximum Gasteiger partial charge on any atom is 0.249 e. The predicted octanol–water partition coefficient (Wildman–Crippen LogP) is 4.73. The summed E-state index contributed by atoms with van der Waals surface area (Å²) < 4.78 is 8.00. The number of nitriles is 1. The molecule has 130 valence electrons. The highest BCUT2D eigenvalue weighted by atomic mass is 32.1. The number of aryl methyl sites for hydroxylation is 2. The smallest absolute Gasteiger partial charge is 0.249 e. The van der Waals surface area contributed by atoms with Crippen molar-refractivity contribution < 1.29 is 10.2 Å². The van der Waals surface area contributed by atoms with E-state index in [0.29, 0.717) is 22.1 Å². The summed E-state index contributed by atoms with van der Waals surface area (Å²) in [5.41, 5.74) is 0.766. The number of hydrogen-bond donors (Lipinski definition) is 2. The monoisotopic (exact) mass is 386 g/mol. The van der Waals surface area contributed by atoms with Crippen LogP contribution in [0.15, 0.2) is 32.6 Å². The van der Waals surface area contributed by atoms with E-state index >= 15 is 0 Å². The van der Waals surface area contributed by atoms with Crippen LogP contribution in [-0.2, 0) is 0 Å². The standard InChI is InChI=1S/C14H10N8O2S2/c1-6-8(5-15)13(25-21-6)19-17-9-3-4-10(23)11(12(9)24)18-20-14-16-7(2)22-26-14/h3-4,23-24H,1-2H3/b19-17+,20-18+. The van der Waals surface area contributed by atoms with Crippen molar-refractivity contribution in [3.63, 3.8) is 0 Å². The summed E-state index contributed by atoms with van der Waals surface area (Å²) in [6, 6.07) is 4.67. The molecule has 0 bridgehead atoms. The third kappa shape index (κ3) is 3.53. The molecule has 1 aromatic carbocycles. The summed E-state index contributed by atoms with van der Waals surface area (Å²) in [4.78, 5) is 4.01. The lowest BCUT2D eigenvalue weighted by atomic mass is 10.2. The number of phenolic OH excluding ortho intramolecular Hbond substituents is 2. The second-order valence-corrected chi connectivity index (χ2v) is 6.37. The van der Waals surface area contributed by atoms with Gasteiger partial charge in [0.2, 0.25) is 5.13 Å². The number of aromatic nitrogens is 3. The molecule has 3 rings (SSSR count). The van der Waals surface area contributed by atoms with Crippen molar-refractivity contribution in [1.29, 1.82) is 5.26 Å². The molecule has 0 spiro atoms. The van der Waals surface area contributed by atoms with Crippen LogP contribution in [0.5, 0.6) is 11.5 Å². The molecule has 0 fully saturated rings. The molecule has 10 nitrogen and oxygen atoms in total. The van der Waals surface area contributed by atoms with E-state index in [-0.39, 0.29) is 22.3 Å². The van der Waals surface area contributed by atoms with Crippen molar-refractivity contribution in [2.45, 2.75) is 13.8 Å². The molecule has 0 atom stereocenters. The summed E-state index contributed by atoms with van der Waals surface area (Å²) >= 11 is 2.06. The molecule has 2 heterocycles. The normalized spacial score (nSPS) is 11.4. The van der Waals surface area contributed by atoms with Crippen LogP contribution in [-0.4, -0.2) is 23.9 Å². The van der Waals surface area contributed by atoms with Crippen molar-refractivity contribution in [3.05, 3.63) is 29.2 Å². The zero-order valence-corrected chi connectivity index (χ0v) is 15.1. The number of phenols is 2. The van der Waals surface area contributed by atoms with Gasteiger partial charge in [-0.05, 0) is 37.5 Å². The Hall–Kier alpha value is -3.30. The molecule has 0 saturated heterocycles. The topological polar surface area (TPSA) is 152 Å². The molecule has 2 aromatic heterocycles. The lowest BCUT2D eigenvalue weighted by Crippen LogP contribution is -1.75. The first-order valence-corrected chi connectivity index (χ1v) is 8.59. The van der Waals surface area contributed by atoms with Gasteiger partial charge in [-0.1, -0.05) is 0 Å². The fourth-order valence-electron chi connectivity index (χ4n) is 1.81. The first-order valence-electron chi connectivity index (χ1n) is 7.04. The van der Waals surface area contributed by atoms with Gasteiger partial charge in [-0.2, -0.15) is 14.0 Å². The highest BCUT2D eigenvalue weighted by Gasteiger charge is 2.14. The number of nitrogens with zero attached hydrogens (tertiary/aromatic N) is 8. The van der Waals surface area contributed by atoms with E-state index in [0.717, 1.165) is 23.1 Å². The summed E-state index contributed by atoms with van der Waals surface area (Å²) in [5, 5.41) is 45.4. The van der Waals surface area contributed by atoms with E-state index in [2.05, 4.69) is 34.2 Å². The highest BCUT2D eigenvalue weighted by molar-refractivity contribution is 7.10. The first kappa shape index (κ1) is 17.5. The van der Waals surface area contributed by atoms with Crippen LogP contribution in [0, 0.1) is 25.2 Å². The van der Waals surface area contributed by atoms with E-state index in [1.807, 2.05) is 6.07 Å². The molecule has 0 amide bonds. The molecular weight excluding hydrogens is 376 g/mol. The van der Waals surface area contributed by atoms with Crippen LogP contribution in [0.4, 0.5) is 21.5 Å². The van der Waals surface area contributed by atoms with Crippen LogP contribution < -0.4 is 0 Å². The maximum absolute atomic E-state index is 10.3. The lowest BCUT2D eigenvalue weighted by Gasteiger charge is -2.03. The fraction of sp³-hybridized carbons (Fsp3) is 0.143. The van der Waals surface area contributed by atoms with Crippen molar-refractivity contribution in [2.24, 2.45) is 20.5 Å². The average Bonchev–Trinajstić information content (AvgIpc) is 3.19. The number of rotatable bonds is 4. The Morgan fingerprint density at radius 1 is 1.04 bits per heavy atom. The Labute approximate surface area is 155 Å². The van der Waals surface area contributed by atoms with E-state index in [1.165, 1.54) is 12.1 Å². The minimum Gasteiger partial charge on any atom is -0.505 e. The van der Waals surface area contributed by atoms with Gasteiger partial charge in [-0.3, -0.25) is 0 Å². The maximum atomic E-state index is 10.3. The van der Waals surface area contributed by atoms with Gasteiger partial charge >= 0.3 is 0 Å². The van der Waals surface area contributed by atoms with Crippen molar-refractivity contribution in [3.8, 4) is 17.6 Å². The van der Waals surface area contributed by atoms with E-state index in [1.54, 1.807) is 13.8 Å². The van der Waals surface area contributed by atoms with Gasteiger partial charge in [-0.25, -0.2) is 4.98 Å². The van der Waals surface area contributed by atoms with Crippen LogP contribution in [0.3, 0.4) is 0 Å².